The number of hydrogen-bond acceptors (Lipinski definition) is 3. The van der Waals surface area contributed by atoms with E-state index in [0.717, 1.165) is 28.3 Å². The molecule has 0 aromatic heterocycles. The van der Waals surface area contributed by atoms with Crippen molar-refractivity contribution < 1.29 is 4.74 Å². The highest BCUT2D eigenvalue weighted by molar-refractivity contribution is 6.30. The number of amidine groups is 1. The van der Waals surface area contributed by atoms with E-state index in [1.165, 1.54) is 18.4 Å². The molecule has 0 saturated heterocycles. The lowest BCUT2D eigenvalue weighted by Gasteiger charge is -2.40. The van der Waals surface area contributed by atoms with Gasteiger partial charge in [0.2, 0.25) is 0 Å². The monoisotopic (exact) mass is 478 g/mol. The lowest BCUT2D eigenvalue weighted by atomic mass is 9.72. The minimum atomic E-state index is -0.584. The molecule has 1 heterocycles. The lowest BCUT2D eigenvalue weighted by molar-refractivity contribution is 0.268. The van der Waals surface area contributed by atoms with E-state index in [1.807, 2.05) is 31.2 Å². The predicted molar refractivity (Wildman–Crippen MR) is 137 cm³/mol. The van der Waals surface area contributed by atoms with E-state index in [9.17, 15) is 0 Å². The van der Waals surface area contributed by atoms with Gasteiger partial charge in [-0.1, -0.05) is 53.5 Å². The highest BCUT2D eigenvalue weighted by Gasteiger charge is 2.52. The van der Waals surface area contributed by atoms with Crippen molar-refractivity contribution in [3.63, 3.8) is 0 Å². The molecule has 1 aliphatic carbocycles. The van der Waals surface area contributed by atoms with Gasteiger partial charge in [0.05, 0.1) is 17.7 Å². The molecule has 3 aromatic carbocycles. The second kappa shape index (κ2) is 8.38. The maximum Gasteiger partial charge on any atom is 0.133 e. The molecule has 5 heteroatoms. The molecule has 2 atom stereocenters. The third kappa shape index (κ3) is 3.92. The molecular formula is C28H28Cl2N2O. The van der Waals surface area contributed by atoms with E-state index in [2.05, 4.69) is 61.6 Å². The van der Waals surface area contributed by atoms with E-state index in [-0.39, 0.29) is 0 Å². The van der Waals surface area contributed by atoms with Crippen LogP contribution in [0.15, 0.2) is 71.7 Å². The molecule has 5 rings (SSSR count). The summed E-state index contributed by atoms with van der Waals surface area (Å²) in [5.41, 5.74) is 3.43. The number of ether oxygens (including phenoxy) is 1. The van der Waals surface area contributed by atoms with Gasteiger partial charge in [0.1, 0.15) is 17.1 Å². The summed E-state index contributed by atoms with van der Waals surface area (Å²) >= 11 is 12.4. The molecule has 2 aliphatic rings. The summed E-state index contributed by atoms with van der Waals surface area (Å²) in [5, 5.41) is 5.20. The smallest absolute Gasteiger partial charge is 0.133 e. The fourth-order valence-corrected chi connectivity index (χ4v) is 5.05. The van der Waals surface area contributed by atoms with Gasteiger partial charge in [-0.25, -0.2) is 0 Å². The maximum absolute atomic E-state index is 6.21. The van der Waals surface area contributed by atoms with Gasteiger partial charge in [-0.2, -0.15) is 0 Å². The largest absolute Gasteiger partial charge is 0.493 e. The van der Waals surface area contributed by atoms with Gasteiger partial charge in [-0.05, 0) is 92.6 Å². The molecule has 33 heavy (non-hydrogen) atoms. The third-order valence-electron chi connectivity index (χ3n) is 7.11. The van der Waals surface area contributed by atoms with E-state index >= 15 is 0 Å². The normalized spacial score (nSPS) is 24.3. The van der Waals surface area contributed by atoms with E-state index in [1.54, 1.807) is 0 Å². The van der Waals surface area contributed by atoms with Crippen LogP contribution >= 0.6 is 23.2 Å². The summed E-state index contributed by atoms with van der Waals surface area (Å²) in [4.78, 5) is 5.32. The van der Waals surface area contributed by atoms with E-state index in [0.29, 0.717) is 22.6 Å². The number of halogens is 2. The summed E-state index contributed by atoms with van der Waals surface area (Å²) in [7, 11) is 0. The molecule has 1 fully saturated rings. The summed E-state index contributed by atoms with van der Waals surface area (Å²) in [6.07, 6.45) is 2.51. The molecule has 3 aromatic rings. The first kappa shape index (κ1) is 22.3. The molecular weight excluding hydrogens is 451 g/mol. The van der Waals surface area contributed by atoms with Crippen LogP contribution in [-0.4, -0.2) is 12.4 Å². The van der Waals surface area contributed by atoms with Gasteiger partial charge >= 0.3 is 0 Å². The summed E-state index contributed by atoms with van der Waals surface area (Å²) in [6.45, 7) is 6.99. The van der Waals surface area contributed by atoms with E-state index < -0.39 is 11.1 Å². The number of aliphatic imine (C=N–C) groups is 1. The molecule has 0 spiro atoms. The average molecular weight is 479 g/mol. The van der Waals surface area contributed by atoms with Gasteiger partial charge in [0, 0.05) is 10.0 Å². The van der Waals surface area contributed by atoms with E-state index in [4.69, 9.17) is 32.9 Å². The molecule has 0 amide bonds. The van der Waals surface area contributed by atoms with Crippen LogP contribution in [-0.2, 0) is 11.1 Å². The highest BCUT2D eigenvalue weighted by Crippen LogP contribution is 2.49. The van der Waals surface area contributed by atoms with Crippen LogP contribution in [0, 0.1) is 0 Å². The Morgan fingerprint density at radius 2 is 1.52 bits per heavy atom. The first-order chi connectivity index (χ1) is 15.8. The second-order valence-corrected chi connectivity index (χ2v) is 10.1. The highest BCUT2D eigenvalue weighted by atomic mass is 35.5. The summed E-state index contributed by atoms with van der Waals surface area (Å²) in [5.74, 6) is 2.37. The molecule has 0 radical (unpaired) electrons. The average Bonchev–Trinajstić information content (AvgIpc) is 3.61. The van der Waals surface area contributed by atoms with Crippen LogP contribution in [0.5, 0.6) is 5.75 Å². The van der Waals surface area contributed by atoms with Crippen molar-refractivity contribution in [2.45, 2.75) is 50.6 Å². The van der Waals surface area contributed by atoms with Crippen molar-refractivity contribution in [1.29, 1.82) is 0 Å². The van der Waals surface area contributed by atoms with Crippen molar-refractivity contribution in [3.8, 4) is 5.75 Å². The predicted octanol–water partition coefficient (Wildman–Crippen LogP) is 7.45. The Hall–Kier alpha value is -2.49. The zero-order valence-electron chi connectivity index (χ0n) is 19.2. The van der Waals surface area contributed by atoms with Gasteiger partial charge in [0.25, 0.3) is 0 Å². The first-order valence-corrected chi connectivity index (χ1v) is 12.3. The Morgan fingerprint density at radius 1 is 0.909 bits per heavy atom. The number of benzene rings is 3. The van der Waals surface area contributed by atoms with Crippen LogP contribution in [0.2, 0.25) is 10.0 Å². The Labute approximate surface area is 205 Å². The van der Waals surface area contributed by atoms with Crippen LogP contribution in [0.3, 0.4) is 0 Å². The van der Waals surface area contributed by atoms with Crippen molar-refractivity contribution >= 4 is 29.0 Å². The zero-order chi connectivity index (χ0) is 23.2. The number of rotatable bonds is 6. The SMILES string of the molecule is CCOc1cc(C2CC2)ccc1C1=NC(C)(c2ccc(Cl)cc2)C(C)(c2ccc(Cl)cc2)N1. The Balaban J connectivity index is 1.65. The summed E-state index contributed by atoms with van der Waals surface area (Å²) < 4.78 is 6.09. The molecule has 1 saturated carbocycles. The Kier molecular flexibility index (Phi) is 5.66. The molecule has 2 unspecified atom stereocenters. The fourth-order valence-electron chi connectivity index (χ4n) is 4.79. The quantitative estimate of drug-likeness (QED) is 0.398. The topological polar surface area (TPSA) is 33.6 Å². The molecule has 1 N–H and O–H groups in total. The standard InChI is InChI=1S/C28H28Cl2N2O/c1-4-33-25-17-19(18-5-6-18)7-16-24(25)26-31-27(2,20-8-12-22(29)13-9-20)28(3,32-26)21-10-14-23(30)15-11-21/h7-18H,4-6H2,1-3H3,(H,31,32). The minimum absolute atomic E-state index is 0.514. The molecule has 1 aliphatic heterocycles. The van der Waals surface area contributed by atoms with Crippen LogP contribution in [0.4, 0.5) is 0 Å². The molecule has 3 nitrogen and oxygen atoms in total. The third-order valence-corrected chi connectivity index (χ3v) is 7.62. The number of hydrogen-bond donors (Lipinski definition) is 1. The number of nitrogens with one attached hydrogen (secondary N) is 1. The summed E-state index contributed by atoms with van der Waals surface area (Å²) in [6, 6.07) is 22.5. The molecule has 0 bridgehead atoms. The van der Waals surface area contributed by atoms with Gasteiger partial charge < -0.3 is 10.1 Å². The lowest BCUT2D eigenvalue weighted by Crippen LogP contribution is -2.50. The maximum atomic E-state index is 6.21. The Bertz CT molecular complexity index is 1200. The zero-order valence-corrected chi connectivity index (χ0v) is 20.7. The fraction of sp³-hybridized carbons (Fsp3) is 0.321. The van der Waals surface area contributed by atoms with Crippen molar-refractivity contribution in [3.05, 3.63) is 99.0 Å². The Morgan fingerprint density at radius 3 is 2.09 bits per heavy atom. The van der Waals surface area contributed by atoms with Crippen LogP contribution < -0.4 is 10.1 Å². The van der Waals surface area contributed by atoms with Gasteiger partial charge in [-0.3, -0.25) is 4.99 Å². The van der Waals surface area contributed by atoms with Gasteiger partial charge in [-0.15, -0.1) is 0 Å². The van der Waals surface area contributed by atoms with Crippen molar-refractivity contribution in [2.75, 3.05) is 6.61 Å². The minimum Gasteiger partial charge on any atom is -0.493 e. The van der Waals surface area contributed by atoms with Crippen LogP contribution in [0.25, 0.3) is 0 Å². The van der Waals surface area contributed by atoms with Crippen LogP contribution in [0.1, 0.15) is 61.8 Å². The van der Waals surface area contributed by atoms with Gasteiger partial charge in [0.15, 0.2) is 0 Å². The van der Waals surface area contributed by atoms with Crippen molar-refractivity contribution in [2.24, 2.45) is 4.99 Å². The first-order valence-electron chi connectivity index (χ1n) is 11.5. The second-order valence-electron chi connectivity index (χ2n) is 9.26. The molecule has 170 valence electrons. The number of nitrogens with zero attached hydrogens (tertiary/aromatic N) is 1. The van der Waals surface area contributed by atoms with Crippen molar-refractivity contribution in [1.82, 2.24) is 5.32 Å².